The number of hydrogen-bond acceptors (Lipinski definition) is 2. The zero-order valence-electron chi connectivity index (χ0n) is 10.9. The standard InChI is InChI=1S/C14H19N3O/c1-9(2)11-4-3-5-12-13(11)16-14(18)17(12)10-6-7-15-8-10/h3-5,9-10,15H,6-8H2,1-2H3,(H,16,18). The second kappa shape index (κ2) is 4.28. The molecule has 2 aromatic rings. The second-order valence-corrected chi connectivity index (χ2v) is 5.34. The summed E-state index contributed by atoms with van der Waals surface area (Å²) >= 11 is 0. The first kappa shape index (κ1) is 11.5. The normalized spacial score (nSPS) is 20.1. The van der Waals surface area contributed by atoms with Crippen molar-refractivity contribution in [2.45, 2.75) is 32.2 Å². The summed E-state index contributed by atoms with van der Waals surface area (Å²) in [6.45, 7) is 6.19. The molecule has 1 aromatic heterocycles. The fraction of sp³-hybridized carbons (Fsp3) is 0.500. The molecule has 0 bridgehead atoms. The van der Waals surface area contributed by atoms with Crippen molar-refractivity contribution >= 4 is 11.0 Å². The Morgan fingerprint density at radius 2 is 2.22 bits per heavy atom. The van der Waals surface area contributed by atoms with Gasteiger partial charge in [-0.05, 0) is 30.5 Å². The highest BCUT2D eigenvalue weighted by Crippen LogP contribution is 2.25. The lowest BCUT2D eigenvalue weighted by Gasteiger charge is -2.11. The predicted molar refractivity (Wildman–Crippen MR) is 73.2 cm³/mol. The maximum Gasteiger partial charge on any atom is 0.326 e. The fourth-order valence-corrected chi connectivity index (χ4v) is 2.87. The average Bonchev–Trinajstić information content (AvgIpc) is 2.93. The van der Waals surface area contributed by atoms with Gasteiger partial charge in [0.05, 0.1) is 17.1 Å². The molecule has 0 saturated carbocycles. The van der Waals surface area contributed by atoms with Crippen molar-refractivity contribution in [1.29, 1.82) is 0 Å². The van der Waals surface area contributed by atoms with Crippen molar-refractivity contribution in [3.8, 4) is 0 Å². The van der Waals surface area contributed by atoms with Crippen LogP contribution in [0.15, 0.2) is 23.0 Å². The Morgan fingerprint density at radius 3 is 2.89 bits per heavy atom. The monoisotopic (exact) mass is 245 g/mol. The minimum absolute atomic E-state index is 0.0202. The van der Waals surface area contributed by atoms with E-state index in [4.69, 9.17) is 0 Å². The molecular formula is C14H19N3O. The largest absolute Gasteiger partial charge is 0.326 e. The third-order valence-corrected chi connectivity index (χ3v) is 3.81. The molecule has 4 heteroatoms. The summed E-state index contributed by atoms with van der Waals surface area (Å²) in [6, 6.07) is 6.47. The van der Waals surface area contributed by atoms with E-state index in [1.807, 2.05) is 16.7 Å². The van der Waals surface area contributed by atoms with Crippen molar-refractivity contribution in [3.63, 3.8) is 0 Å². The van der Waals surface area contributed by atoms with Gasteiger partial charge in [-0.1, -0.05) is 26.0 Å². The first-order valence-electron chi connectivity index (χ1n) is 6.62. The SMILES string of the molecule is CC(C)c1cccc2c1[nH]c(=O)n2C1CCNC1. The van der Waals surface area contributed by atoms with Crippen molar-refractivity contribution in [3.05, 3.63) is 34.2 Å². The zero-order valence-corrected chi connectivity index (χ0v) is 10.9. The van der Waals surface area contributed by atoms with Crippen LogP contribution >= 0.6 is 0 Å². The Bertz CT molecular complexity index is 617. The summed E-state index contributed by atoms with van der Waals surface area (Å²) in [7, 11) is 0. The maximum atomic E-state index is 12.2. The number of aromatic amines is 1. The molecule has 0 radical (unpaired) electrons. The van der Waals surface area contributed by atoms with E-state index < -0.39 is 0 Å². The lowest BCUT2D eigenvalue weighted by molar-refractivity contribution is 0.546. The highest BCUT2D eigenvalue weighted by Gasteiger charge is 2.21. The van der Waals surface area contributed by atoms with Gasteiger partial charge in [-0.3, -0.25) is 4.57 Å². The van der Waals surface area contributed by atoms with Crippen LogP contribution in [0, 0.1) is 0 Å². The van der Waals surface area contributed by atoms with Crippen LogP contribution in [0.5, 0.6) is 0 Å². The molecule has 3 rings (SSSR count). The van der Waals surface area contributed by atoms with E-state index in [9.17, 15) is 4.79 Å². The van der Waals surface area contributed by atoms with Crippen molar-refractivity contribution in [2.24, 2.45) is 0 Å². The number of imidazole rings is 1. The Hall–Kier alpha value is -1.55. The number of hydrogen-bond donors (Lipinski definition) is 2. The third kappa shape index (κ3) is 1.68. The summed E-state index contributed by atoms with van der Waals surface area (Å²) in [5.41, 5.74) is 3.28. The second-order valence-electron chi connectivity index (χ2n) is 5.34. The lowest BCUT2D eigenvalue weighted by Crippen LogP contribution is -2.23. The fourth-order valence-electron chi connectivity index (χ4n) is 2.87. The van der Waals surface area contributed by atoms with E-state index >= 15 is 0 Å². The molecule has 1 aliphatic rings. The quantitative estimate of drug-likeness (QED) is 0.850. The van der Waals surface area contributed by atoms with Crippen LogP contribution in [0.3, 0.4) is 0 Å². The van der Waals surface area contributed by atoms with Crippen LogP contribution in [0.1, 0.15) is 37.8 Å². The minimum atomic E-state index is 0.0202. The molecule has 0 spiro atoms. The highest BCUT2D eigenvalue weighted by atomic mass is 16.1. The summed E-state index contributed by atoms with van der Waals surface area (Å²) < 4.78 is 1.92. The van der Waals surface area contributed by atoms with Gasteiger partial charge in [-0.15, -0.1) is 0 Å². The number of nitrogens with zero attached hydrogens (tertiary/aromatic N) is 1. The van der Waals surface area contributed by atoms with Gasteiger partial charge in [-0.2, -0.15) is 0 Å². The number of nitrogens with one attached hydrogen (secondary N) is 2. The topological polar surface area (TPSA) is 49.8 Å². The van der Waals surface area contributed by atoms with Crippen LogP contribution in [0.2, 0.25) is 0 Å². The molecule has 1 aromatic carbocycles. The van der Waals surface area contributed by atoms with Crippen LogP contribution in [0.25, 0.3) is 11.0 Å². The molecule has 18 heavy (non-hydrogen) atoms. The van der Waals surface area contributed by atoms with E-state index in [-0.39, 0.29) is 11.7 Å². The number of benzene rings is 1. The van der Waals surface area contributed by atoms with Gasteiger partial charge in [0.25, 0.3) is 0 Å². The minimum Gasteiger partial charge on any atom is -0.315 e. The van der Waals surface area contributed by atoms with Crippen molar-refractivity contribution in [2.75, 3.05) is 13.1 Å². The van der Waals surface area contributed by atoms with Gasteiger partial charge >= 0.3 is 5.69 Å². The number of H-pyrrole nitrogens is 1. The molecule has 96 valence electrons. The van der Waals surface area contributed by atoms with Crippen molar-refractivity contribution in [1.82, 2.24) is 14.9 Å². The predicted octanol–water partition coefficient (Wildman–Crippen LogP) is 1.99. The van der Waals surface area contributed by atoms with Gasteiger partial charge in [0.1, 0.15) is 0 Å². The van der Waals surface area contributed by atoms with Gasteiger partial charge in [0, 0.05) is 6.54 Å². The van der Waals surface area contributed by atoms with Crippen LogP contribution < -0.4 is 11.0 Å². The van der Waals surface area contributed by atoms with Crippen LogP contribution in [-0.2, 0) is 0 Å². The van der Waals surface area contributed by atoms with E-state index in [0.29, 0.717) is 5.92 Å². The molecule has 0 aliphatic carbocycles. The zero-order chi connectivity index (χ0) is 12.7. The van der Waals surface area contributed by atoms with Crippen LogP contribution in [0.4, 0.5) is 0 Å². The Balaban J connectivity index is 2.23. The highest BCUT2D eigenvalue weighted by molar-refractivity contribution is 5.79. The number of para-hydroxylation sites is 1. The molecule has 1 atom stereocenters. The summed E-state index contributed by atoms with van der Waals surface area (Å²) in [4.78, 5) is 15.2. The number of aromatic nitrogens is 2. The Morgan fingerprint density at radius 1 is 1.39 bits per heavy atom. The van der Waals surface area contributed by atoms with Crippen molar-refractivity contribution < 1.29 is 0 Å². The number of rotatable bonds is 2. The van der Waals surface area contributed by atoms with Gasteiger partial charge in [0.15, 0.2) is 0 Å². The first-order valence-corrected chi connectivity index (χ1v) is 6.62. The number of fused-ring (bicyclic) bond motifs is 1. The lowest BCUT2D eigenvalue weighted by atomic mass is 10.0. The molecule has 1 unspecified atom stereocenters. The van der Waals surface area contributed by atoms with Gasteiger partial charge in [0.2, 0.25) is 0 Å². The van der Waals surface area contributed by atoms with Gasteiger partial charge < -0.3 is 10.3 Å². The Kier molecular flexibility index (Phi) is 2.74. The molecular weight excluding hydrogens is 226 g/mol. The summed E-state index contributed by atoms with van der Waals surface area (Å²) in [5, 5.41) is 3.32. The maximum absolute atomic E-state index is 12.2. The van der Waals surface area contributed by atoms with E-state index in [1.54, 1.807) is 0 Å². The van der Waals surface area contributed by atoms with Gasteiger partial charge in [-0.25, -0.2) is 4.79 Å². The summed E-state index contributed by atoms with van der Waals surface area (Å²) in [6.07, 6.45) is 1.03. The molecule has 2 heterocycles. The smallest absolute Gasteiger partial charge is 0.315 e. The van der Waals surface area contributed by atoms with E-state index in [2.05, 4.69) is 30.2 Å². The molecule has 1 aliphatic heterocycles. The van der Waals surface area contributed by atoms with Crippen LogP contribution in [-0.4, -0.2) is 22.6 Å². The Labute approximate surface area is 106 Å². The average molecular weight is 245 g/mol. The molecule has 1 fully saturated rings. The van der Waals surface area contributed by atoms with E-state index in [1.165, 1.54) is 5.56 Å². The third-order valence-electron chi connectivity index (χ3n) is 3.81. The molecule has 0 amide bonds. The first-order chi connectivity index (χ1) is 8.68. The molecule has 1 saturated heterocycles. The molecule has 4 nitrogen and oxygen atoms in total. The van der Waals surface area contributed by atoms with E-state index in [0.717, 1.165) is 30.5 Å². The summed E-state index contributed by atoms with van der Waals surface area (Å²) in [5.74, 6) is 0.418. The molecule has 2 N–H and O–H groups in total.